The normalized spacial score (nSPS) is 11.1. The van der Waals surface area contributed by atoms with Crippen molar-refractivity contribution in [1.82, 2.24) is 10.4 Å². The predicted octanol–water partition coefficient (Wildman–Crippen LogP) is 8.28. The van der Waals surface area contributed by atoms with Crippen LogP contribution in [-0.2, 0) is 0 Å². The zero-order valence-electron chi connectivity index (χ0n) is 26.9. The van der Waals surface area contributed by atoms with Crippen molar-refractivity contribution in [3.05, 3.63) is 106 Å². The lowest BCUT2D eigenvalue weighted by molar-refractivity contribution is 0.0727. The minimum absolute atomic E-state index is 0.234. The second-order valence-electron chi connectivity index (χ2n) is 10.6. The molecule has 0 unspecified atom stereocenters. The number of aromatic amines is 1. The largest absolute Gasteiger partial charge is 0.490 e. The molecule has 2 N–H and O–H groups in total. The molecule has 4 aromatic carbocycles. The quantitative estimate of drug-likeness (QED) is 0.0607. The van der Waals surface area contributed by atoms with Gasteiger partial charge in [-0.3, -0.25) is 4.79 Å². The maximum atomic E-state index is 13.5. The third-order valence-electron chi connectivity index (χ3n) is 7.25. The zero-order chi connectivity index (χ0) is 33.5. The van der Waals surface area contributed by atoms with E-state index in [2.05, 4.69) is 21.6 Å². The first-order valence-electron chi connectivity index (χ1n) is 15.3. The van der Waals surface area contributed by atoms with E-state index in [-0.39, 0.29) is 5.75 Å². The number of hydrogen-bond acceptors (Lipinski definition) is 7. The highest BCUT2D eigenvalue weighted by molar-refractivity contribution is 6.34. The summed E-state index contributed by atoms with van der Waals surface area (Å²) in [6.07, 6.45) is 1.49. The number of carbonyl (C=O) groups is 2. The molecule has 0 radical (unpaired) electrons. The number of H-pyrrole nitrogens is 1. The maximum absolute atomic E-state index is 13.5. The number of amides is 1. The SMILES string of the molecule is CCOc1ccc(C(=O)Oc2ccc(C=NNC(=O)c3[nH]c4c(C)cc(C)cc4c3-c3ccccc3Cl)cc2OCC)cc1OCC. The van der Waals surface area contributed by atoms with Gasteiger partial charge in [-0.15, -0.1) is 0 Å². The number of nitrogens with one attached hydrogen (secondary N) is 2. The number of aryl methyl sites for hydroxylation is 2. The molecule has 10 heteroatoms. The summed E-state index contributed by atoms with van der Waals surface area (Å²) in [5.74, 6) is 0.571. The lowest BCUT2D eigenvalue weighted by atomic mass is 9.99. The molecule has 0 aliphatic rings. The number of esters is 1. The minimum atomic E-state index is -0.582. The fourth-order valence-electron chi connectivity index (χ4n) is 5.28. The van der Waals surface area contributed by atoms with Crippen molar-refractivity contribution in [2.75, 3.05) is 19.8 Å². The van der Waals surface area contributed by atoms with E-state index >= 15 is 0 Å². The third-order valence-corrected chi connectivity index (χ3v) is 7.58. The molecule has 0 atom stereocenters. The van der Waals surface area contributed by atoms with Gasteiger partial charge in [-0.25, -0.2) is 10.2 Å². The number of aromatic nitrogens is 1. The van der Waals surface area contributed by atoms with Crippen molar-refractivity contribution >= 4 is 40.6 Å². The monoisotopic (exact) mass is 653 g/mol. The average Bonchev–Trinajstić information content (AvgIpc) is 3.43. The van der Waals surface area contributed by atoms with E-state index in [0.717, 1.165) is 27.6 Å². The summed E-state index contributed by atoms with van der Waals surface area (Å²) in [6, 6.07) is 21.4. The van der Waals surface area contributed by atoms with Gasteiger partial charge in [0.05, 0.1) is 31.6 Å². The lowest BCUT2D eigenvalue weighted by Gasteiger charge is -2.13. The van der Waals surface area contributed by atoms with Crippen molar-refractivity contribution in [1.29, 1.82) is 0 Å². The fraction of sp³-hybridized carbons (Fsp3) is 0.216. The van der Waals surface area contributed by atoms with Crippen LogP contribution in [0.15, 0.2) is 77.9 Å². The van der Waals surface area contributed by atoms with E-state index in [1.54, 1.807) is 42.5 Å². The molecule has 0 bridgehead atoms. The van der Waals surface area contributed by atoms with Crippen LogP contribution in [0.1, 0.15) is 58.3 Å². The molecule has 1 aromatic heterocycles. The molecular weight excluding hydrogens is 618 g/mol. The van der Waals surface area contributed by atoms with E-state index in [0.29, 0.717) is 64.5 Å². The van der Waals surface area contributed by atoms with Crippen molar-refractivity contribution < 1.29 is 28.5 Å². The van der Waals surface area contributed by atoms with Gasteiger partial charge in [-0.05, 0) is 94.3 Å². The standard InChI is InChI=1S/C37H36ClN3O6/c1-6-44-29-16-14-25(20-32(29)46-8-3)37(43)47-30-15-13-24(19-31(30)45-7-2)21-39-41-36(42)35-33(26-11-9-10-12-28(26)38)27-18-22(4)17-23(5)34(27)40-35/h9-21,40H,6-8H2,1-5H3,(H,41,42). The van der Waals surface area contributed by atoms with Gasteiger partial charge >= 0.3 is 5.97 Å². The Labute approximate surface area is 278 Å². The Morgan fingerprint density at radius 3 is 2.23 bits per heavy atom. The Hall–Kier alpha value is -5.28. The summed E-state index contributed by atoms with van der Waals surface area (Å²) in [5.41, 5.74) is 8.27. The first kappa shape index (κ1) is 33.1. The number of halogens is 1. The zero-order valence-corrected chi connectivity index (χ0v) is 27.7. The van der Waals surface area contributed by atoms with Crippen molar-refractivity contribution in [3.63, 3.8) is 0 Å². The number of rotatable bonds is 12. The molecule has 1 heterocycles. The van der Waals surface area contributed by atoms with E-state index < -0.39 is 11.9 Å². The summed E-state index contributed by atoms with van der Waals surface area (Å²) < 4.78 is 22.7. The van der Waals surface area contributed by atoms with Crippen LogP contribution in [0.25, 0.3) is 22.0 Å². The highest BCUT2D eigenvalue weighted by Crippen LogP contribution is 2.38. The number of nitrogens with zero attached hydrogens (tertiary/aromatic N) is 1. The topological polar surface area (TPSA) is 111 Å². The molecule has 0 saturated carbocycles. The Bertz CT molecular complexity index is 1970. The summed E-state index contributed by atoms with van der Waals surface area (Å²) in [4.78, 5) is 29.9. The van der Waals surface area contributed by atoms with Crippen molar-refractivity contribution in [2.24, 2.45) is 5.10 Å². The summed E-state index contributed by atoms with van der Waals surface area (Å²) >= 11 is 6.58. The molecule has 5 aromatic rings. The predicted molar refractivity (Wildman–Crippen MR) is 185 cm³/mol. The Kier molecular flexibility index (Phi) is 10.5. The number of fused-ring (bicyclic) bond motifs is 1. The summed E-state index contributed by atoms with van der Waals surface area (Å²) in [6.45, 7) is 10.8. The smallest absolute Gasteiger partial charge is 0.343 e. The first-order valence-corrected chi connectivity index (χ1v) is 15.7. The third kappa shape index (κ3) is 7.42. The number of carbonyl (C=O) groups excluding carboxylic acids is 2. The maximum Gasteiger partial charge on any atom is 0.343 e. The molecule has 0 saturated heterocycles. The summed E-state index contributed by atoms with van der Waals surface area (Å²) in [7, 11) is 0. The molecule has 0 fully saturated rings. The van der Waals surface area contributed by atoms with Gasteiger partial charge in [-0.2, -0.15) is 5.10 Å². The van der Waals surface area contributed by atoms with Crippen LogP contribution in [-0.4, -0.2) is 42.9 Å². The highest BCUT2D eigenvalue weighted by atomic mass is 35.5. The molecule has 242 valence electrons. The first-order chi connectivity index (χ1) is 22.7. The second kappa shape index (κ2) is 14.9. The Balaban J connectivity index is 1.37. The van der Waals surface area contributed by atoms with E-state index in [9.17, 15) is 9.59 Å². The molecule has 0 aliphatic heterocycles. The number of benzene rings is 4. The Morgan fingerprint density at radius 2 is 1.51 bits per heavy atom. The second-order valence-corrected chi connectivity index (χ2v) is 11.0. The van der Waals surface area contributed by atoms with Gasteiger partial charge in [0.2, 0.25) is 0 Å². The van der Waals surface area contributed by atoms with Crippen LogP contribution in [0.3, 0.4) is 0 Å². The van der Waals surface area contributed by atoms with Gasteiger partial charge < -0.3 is 23.9 Å². The van der Waals surface area contributed by atoms with Crippen LogP contribution in [0.4, 0.5) is 0 Å². The van der Waals surface area contributed by atoms with Gasteiger partial charge in [0.1, 0.15) is 5.69 Å². The molecule has 1 amide bonds. The number of ether oxygens (including phenoxy) is 4. The van der Waals surface area contributed by atoms with Gasteiger partial charge in [0, 0.05) is 27.1 Å². The van der Waals surface area contributed by atoms with Gasteiger partial charge in [0.25, 0.3) is 5.91 Å². The van der Waals surface area contributed by atoms with Crippen LogP contribution in [0.5, 0.6) is 23.0 Å². The summed E-state index contributed by atoms with van der Waals surface area (Å²) in [5, 5.41) is 5.64. The molecule has 0 aliphatic carbocycles. The molecule has 0 spiro atoms. The van der Waals surface area contributed by atoms with Gasteiger partial charge in [0.15, 0.2) is 23.0 Å². The van der Waals surface area contributed by atoms with Crippen molar-refractivity contribution in [2.45, 2.75) is 34.6 Å². The van der Waals surface area contributed by atoms with Crippen LogP contribution in [0.2, 0.25) is 5.02 Å². The lowest BCUT2D eigenvalue weighted by Crippen LogP contribution is -2.19. The number of hydrogen-bond donors (Lipinski definition) is 2. The number of hydrazone groups is 1. The molecule has 5 rings (SSSR count). The van der Waals surface area contributed by atoms with Crippen LogP contribution >= 0.6 is 11.6 Å². The van der Waals surface area contributed by atoms with Gasteiger partial charge in [-0.1, -0.05) is 41.4 Å². The highest BCUT2D eigenvalue weighted by Gasteiger charge is 2.22. The van der Waals surface area contributed by atoms with Crippen molar-refractivity contribution in [3.8, 4) is 34.1 Å². The van der Waals surface area contributed by atoms with E-state index in [1.165, 1.54) is 6.21 Å². The fourth-order valence-corrected chi connectivity index (χ4v) is 5.51. The molecule has 47 heavy (non-hydrogen) atoms. The molecule has 9 nitrogen and oxygen atoms in total. The minimum Gasteiger partial charge on any atom is -0.490 e. The van der Waals surface area contributed by atoms with Crippen LogP contribution < -0.4 is 24.4 Å². The van der Waals surface area contributed by atoms with Crippen LogP contribution in [0, 0.1) is 13.8 Å². The molecular formula is C37H36ClN3O6. The van der Waals surface area contributed by atoms with E-state index in [4.69, 9.17) is 30.5 Å². The average molecular weight is 654 g/mol. The van der Waals surface area contributed by atoms with E-state index in [1.807, 2.05) is 58.9 Å². The Morgan fingerprint density at radius 1 is 0.830 bits per heavy atom.